The fourth-order valence-corrected chi connectivity index (χ4v) is 12.7. The first-order valence-electron chi connectivity index (χ1n) is 29.2. The van der Waals surface area contributed by atoms with Crippen LogP contribution in [0.25, 0.3) is 77.2 Å². The molecule has 0 fully saturated rings. The van der Waals surface area contributed by atoms with E-state index in [0.717, 1.165) is 55.9 Å². The molecule has 0 N–H and O–H groups in total. The molecule has 0 amide bonds. The number of nitrogens with zero attached hydrogens (tertiary/aromatic N) is 4. The molecule has 408 valence electrons. The zero-order valence-electron chi connectivity index (χ0n) is 50.1. The van der Waals surface area contributed by atoms with Gasteiger partial charge in [-0.2, -0.15) is 10.5 Å². The summed E-state index contributed by atoms with van der Waals surface area (Å²) in [6, 6.07) is 84.9. The lowest BCUT2D eigenvalue weighted by molar-refractivity contribution is 0.590. The first-order chi connectivity index (χ1) is 39.6. The molecule has 0 saturated heterocycles. The van der Waals surface area contributed by atoms with E-state index in [1.807, 2.05) is 48.5 Å². The number of aromatic nitrogens is 2. The van der Waals surface area contributed by atoms with Crippen LogP contribution in [0.5, 0.6) is 0 Å². The van der Waals surface area contributed by atoms with Crippen molar-refractivity contribution >= 4 is 43.6 Å². The standard InChI is InChI=1S/C79H72N4/c1-75(2,3)59-33-41-71-67(45-59)68-46-60(76(4,5)6)34-42-72(68)82(71)63-37-29-57(30-38-63)79(55-25-21-51(22-26-55)65-19-15-13-17-53(65)49-80,56-27-23-52(24-28-56)66-20-16-14-18-54(66)50-81)58-31-39-64(40-32-58)83-73-43-35-61(77(7,8)9)47-69(73)70-48-62(78(10,11)12)36-44-74(70)83/h13-48H,1-12H3. The fraction of sp³-hybridized carbons (Fsp3) is 0.215. The van der Waals surface area contributed by atoms with Gasteiger partial charge in [-0.05, 0) is 173 Å². The first kappa shape index (κ1) is 54.4. The molecule has 2 heterocycles. The van der Waals surface area contributed by atoms with Crippen molar-refractivity contribution < 1.29 is 0 Å². The lowest BCUT2D eigenvalue weighted by atomic mass is 9.65. The molecule has 0 aliphatic carbocycles. The molecule has 0 bridgehead atoms. The third kappa shape index (κ3) is 9.42. The zero-order valence-corrected chi connectivity index (χ0v) is 50.1. The van der Waals surface area contributed by atoms with Gasteiger partial charge in [0.05, 0.1) is 50.7 Å². The predicted molar refractivity (Wildman–Crippen MR) is 349 cm³/mol. The van der Waals surface area contributed by atoms with E-state index in [9.17, 15) is 10.5 Å². The maximum atomic E-state index is 10.3. The Morgan fingerprint density at radius 2 is 0.518 bits per heavy atom. The Morgan fingerprint density at radius 1 is 0.277 bits per heavy atom. The van der Waals surface area contributed by atoms with E-state index in [4.69, 9.17) is 0 Å². The number of hydrogen-bond acceptors (Lipinski definition) is 2. The first-order valence-corrected chi connectivity index (χ1v) is 29.2. The number of benzene rings is 10. The van der Waals surface area contributed by atoms with E-state index in [1.54, 1.807) is 0 Å². The third-order valence-corrected chi connectivity index (χ3v) is 17.5. The molecule has 83 heavy (non-hydrogen) atoms. The predicted octanol–water partition coefficient (Wildman–Crippen LogP) is 20.5. The van der Waals surface area contributed by atoms with Gasteiger partial charge in [0.1, 0.15) is 0 Å². The Labute approximate surface area is 490 Å². The second kappa shape index (κ2) is 20.0. The molecule has 0 radical (unpaired) electrons. The van der Waals surface area contributed by atoms with Gasteiger partial charge in [0, 0.05) is 32.9 Å². The van der Waals surface area contributed by atoms with Gasteiger partial charge in [-0.3, -0.25) is 0 Å². The van der Waals surface area contributed by atoms with Crippen molar-refractivity contribution in [3.8, 4) is 45.8 Å². The van der Waals surface area contributed by atoms with Gasteiger partial charge in [0.25, 0.3) is 0 Å². The van der Waals surface area contributed by atoms with E-state index >= 15 is 0 Å². The quantitative estimate of drug-likeness (QED) is 0.142. The summed E-state index contributed by atoms with van der Waals surface area (Å²) in [6.07, 6.45) is 0. The van der Waals surface area contributed by atoms with E-state index in [1.165, 1.54) is 65.9 Å². The van der Waals surface area contributed by atoms with Crippen LogP contribution in [-0.4, -0.2) is 9.13 Å². The smallest absolute Gasteiger partial charge is 0.0998 e. The van der Waals surface area contributed by atoms with Crippen molar-refractivity contribution in [2.75, 3.05) is 0 Å². The van der Waals surface area contributed by atoms with Gasteiger partial charge in [-0.15, -0.1) is 0 Å². The summed E-state index contributed by atoms with van der Waals surface area (Å²) in [4.78, 5) is 0. The van der Waals surface area contributed by atoms with E-state index in [2.05, 4.69) is 274 Å². The van der Waals surface area contributed by atoms with Crippen LogP contribution >= 0.6 is 0 Å². The molecule has 12 aromatic rings. The minimum Gasteiger partial charge on any atom is -0.309 e. The van der Waals surface area contributed by atoms with Crippen molar-refractivity contribution in [3.63, 3.8) is 0 Å². The molecule has 0 aliphatic rings. The Hall–Kier alpha value is -9.22. The van der Waals surface area contributed by atoms with E-state index < -0.39 is 5.41 Å². The normalized spacial score (nSPS) is 12.6. The average Bonchev–Trinajstić information content (AvgIpc) is 2.98. The van der Waals surface area contributed by atoms with Crippen LogP contribution in [0.4, 0.5) is 0 Å². The van der Waals surface area contributed by atoms with Crippen LogP contribution in [0.1, 0.15) is 139 Å². The second-order valence-electron chi connectivity index (χ2n) is 26.9. The van der Waals surface area contributed by atoms with Crippen molar-refractivity contribution in [2.45, 2.75) is 110 Å². The van der Waals surface area contributed by atoms with Gasteiger partial charge < -0.3 is 9.13 Å². The Bertz CT molecular complexity index is 4120. The third-order valence-electron chi connectivity index (χ3n) is 17.5. The number of fused-ring (bicyclic) bond motifs is 6. The van der Waals surface area contributed by atoms with Crippen LogP contribution in [-0.2, 0) is 27.1 Å². The van der Waals surface area contributed by atoms with Gasteiger partial charge >= 0.3 is 0 Å². The minimum absolute atomic E-state index is 0.0161. The number of hydrogen-bond donors (Lipinski definition) is 0. The summed E-state index contributed by atoms with van der Waals surface area (Å²) in [5.74, 6) is 0. The largest absolute Gasteiger partial charge is 0.309 e. The SMILES string of the molecule is CC(C)(C)c1ccc2c(c1)c1cc(C(C)(C)C)ccc1n2-c1ccc(C(c2ccc(-c3ccccc3C#N)cc2)(c2ccc(-c3ccccc3C#N)cc2)c2ccc(-n3c4ccc(C(C)(C)C)cc4c4cc(C(C)(C)C)ccc43)cc2)cc1. The molecule has 4 nitrogen and oxygen atoms in total. The molecule has 0 unspecified atom stereocenters. The lowest BCUT2D eigenvalue weighted by Crippen LogP contribution is -2.31. The molecule has 0 saturated carbocycles. The second-order valence-corrected chi connectivity index (χ2v) is 26.9. The summed E-state index contributed by atoms with van der Waals surface area (Å²) >= 11 is 0. The summed E-state index contributed by atoms with van der Waals surface area (Å²) in [7, 11) is 0. The number of rotatable bonds is 8. The van der Waals surface area contributed by atoms with Gasteiger partial charge in [0.15, 0.2) is 0 Å². The van der Waals surface area contributed by atoms with Crippen LogP contribution in [0.15, 0.2) is 218 Å². The fourth-order valence-electron chi connectivity index (χ4n) is 12.7. The lowest BCUT2D eigenvalue weighted by Gasteiger charge is -2.37. The van der Waals surface area contributed by atoms with Crippen molar-refractivity contribution in [2.24, 2.45) is 0 Å². The molecule has 0 aliphatic heterocycles. The molecular weight excluding hydrogens is 1000 g/mol. The molecule has 12 rings (SSSR count). The highest BCUT2D eigenvalue weighted by molar-refractivity contribution is 6.11. The monoisotopic (exact) mass is 1080 g/mol. The summed E-state index contributed by atoms with van der Waals surface area (Å²) in [5, 5.41) is 25.5. The van der Waals surface area contributed by atoms with Crippen LogP contribution in [0, 0.1) is 22.7 Å². The van der Waals surface area contributed by atoms with Gasteiger partial charge in [-0.1, -0.05) is 217 Å². The Morgan fingerprint density at radius 3 is 0.771 bits per heavy atom. The van der Waals surface area contributed by atoms with E-state index in [0.29, 0.717) is 11.1 Å². The summed E-state index contributed by atoms with van der Waals surface area (Å²) < 4.78 is 4.88. The topological polar surface area (TPSA) is 57.4 Å². The summed E-state index contributed by atoms with van der Waals surface area (Å²) in [6.45, 7) is 27.5. The molecular formula is C79H72N4. The van der Waals surface area contributed by atoms with E-state index in [-0.39, 0.29) is 21.7 Å². The van der Waals surface area contributed by atoms with Crippen molar-refractivity contribution in [1.82, 2.24) is 9.13 Å². The molecule has 0 atom stereocenters. The molecule has 2 aromatic heterocycles. The highest BCUT2D eigenvalue weighted by Gasteiger charge is 2.39. The molecule has 10 aromatic carbocycles. The minimum atomic E-state index is -0.869. The van der Waals surface area contributed by atoms with Crippen LogP contribution in [0.2, 0.25) is 0 Å². The van der Waals surface area contributed by atoms with Crippen molar-refractivity contribution in [3.05, 3.63) is 274 Å². The van der Waals surface area contributed by atoms with Gasteiger partial charge in [-0.25, -0.2) is 0 Å². The molecule has 4 heteroatoms. The maximum Gasteiger partial charge on any atom is 0.0998 e. The van der Waals surface area contributed by atoms with Crippen molar-refractivity contribution in [1.29, 1.82) is 10.5 Å². The highest BCUT2D eigenvalue weighted by atomic mass is 15.0. The molecule has 0 spiro atoms. The maximum absolute atomic E-state index is 10.3. The van der Waals surface area contributed by atoms with Crippen LogP contribution < -0.4 is 0 Å². The Balaban J connectivity index is 1.11. The van der Waals surface area contributed by atoms with Crippen LogP contribution in [0.3, 0.4) is 0 Å². The summed E-state index contributed by atoms with van der Waals surface area (Å²) in [5.41, 5.74) is 20.5. The van der Waals surface area contributed by atoms with Gasteiger partial charge in [0.2, 0.25) is 0 Å². The highest BCUT2D eigenvalue weighted by Crippen LogP contribution is 2.48. The Kier molecular flexibility index (Phi) is 13.1. The zero-order chi connectivity index (χ0) is 58.4. The average molecular weight is 1080 g/mol. The number of nitriles is 2.